The SMILES string of the molecule is Cc1ccc(-c2ccc(/C=C/C(=O)Nc3ccc4oc(=O)ccc4c3)o2)cc1Cl. The number of fused-ring (bicyclic) bond motifs is 1. The highest BCUT2D eigenvalue weighted by Gasteiger charge is 2.06. The van der Waals surface area contributed by atoms with E-state index in [0.717, 1.165) is 16.5 Å². The first kappa shape index (κ1) is 18.8. The second-order valence-electron chi connectivity index (χ2n) is 6.50. The number of amides is 1. The van der Waals surface area contributed by atoms with Crippen molar-refractivity contribution in [2.24, 2.45) is 0 Å². The first-order chi connectivity index (χ1) is 14.0. The lowest BCUT2D eigenvalue weighted by atomic mass is 10.1. The van der Waals surface area contributed by atoms with E-state index in [1.807, 2.05) is 31.2 Å². The molecule has 0 saturated heterocycles. The third kappa shape index (κ3) is 4.31. The van der Waals surface area contributed by atoms with Crippen molar-refractivity contribution < 1.29 is 13.6 Å². The number of furan rings is 1. The van der Waals surface area contributed by atoms with Gasteiger partial charge in [-0.15, -0.1) is 0 Å². The van der Waals surface area contributed by atoms with Gasteiger partial charge in [-0.05, 0) is 61.0 Å². The number of hydrogen-bond acceptors (Lipinski definition) is 4. The van der Waals surface area contributed by atoms with Gasteiger partial charge in [-0.3, -0.25) is 4.79 Å². The first-order valence-electron chi connectivity index (χ1n) is 8.87. The maximum Gasteiger partial charge on any atom is 0.336 e. The van der Waals surface area contributed by atoms with Gasteiger partial charge in [-0.1, -0.05) is 23.7 Å². The first-order valence-corrected chi connectivity index (χ1v) is 9.25. The van der Waals surface area contributed by atoms with Crippen molar-refractivity contribution in [2.75, 3.05) is 5.32 Å². The molecule has 144 valence electrons. The van der Waals surface area contributed by atoms with Crippen LogP contribution in [0.2, 0.25) is 5.02 Å². The molecule has 2 aromatic carbocycles. The Morgan fingerprint density at radius 3 is 2.69 bits per heavy atom. The summed E-state index contributed by atoms with van der Waals surface area (Å²) in [5, 5.41) is 4.16. The molecule has 4 rings (SSSR count). The molecule has 0 aliphatic heterocycles. The highest BCUT2D eigenvalue weighted by molar-refractivity contribution is 6.31. The molecule has 5 nitrogen and oxygen atoms in total. The topological polar surface area (TPSA) is 72.5 Å². The molecular formula is C23H16ClNO4. The van der Waals surface area contributed by atoms with Crippen molar-refractivity contribution in [3.63, 3.8) is 0 Å². The molecule has 29 heavy (non-hydrogen) atoms. The highest BCUT2D eigenvalue weighted by Crippen LogP contribution is 2.27. The lowest BCUT2D eigenvalue weighted by Crippen LogP contribution is -2.07. The van der Waals surface area contributed by atoms with Crippen LogP contribution >= 0.6 is 11.6 Å². The fourth-order valence-corrected chi connectivity index (χ4v) is 3.02. The normalized spacial score (nSPS) is 11.2. The summed E-state index contributed by atoms with van der Waals surface area (Å²) in [6.07, 6.45) is 2.98. The van der Waals surface area contributed by atoms with Crippen molar-refractivity contribution in [3.8, 4) is 11.3 Å². The smallest absolute Gasteiger partial charge is 0.336 e. The summed E-state index contributed by atoms with van der Waals surface area (Å²) in [5.74, 6) is 0.910. The maximum absolute atomic E-state index is 12.2. The number of nitrogens with one attached hydrogen (secondary N) is 1. The molecule has 0 fully saturated rings. The quantitative estimate of drug-likeness (QED) is 0.351. The molecule has 0 radical (unpaired) electrons. The van der Waals surface area contributed by atoms with Crippen LogP contribution in [0.1, 0.15) is 11.3 Å². The van der Waals surface area contributed by atoms with Crippen molar-refractivity contribution >= 4 is 40.2 Å². The van der Waals surface area contributed by atoms with Crippen LogP contribution in [0.4, 0.5) is 5.69 Å². The van der Waals surface area contributed by atoms with E-state index in [1.54, 1.807) is 36.4 Å². The molecule has 2 heterocycles. The number of hydrogen-bond donors (Lipinski definition) is 1. The number of aryl methyl sites for hydroxylation is 1. The molecule has 0 saturated carbocycles. The highest BCUT2D eigenvalue weighted by atomic mass is 35.5. The summed E-state index contributed by atoms with van der Waals surface area (Å²) in [6, 6.07) is 17.3. The Bertz CT molecular complexity index is 1300. The van der Waals surface area contributed by atoms with E-state index in [4.69, 9.17) is 20.4 Å². The average Bonchev–Trinajstić information content (AvgIpc) is 3.18. The molecule has 0 unspecified atom stereocenters. The zero-order valence-corrected chi connectivity index (χ0v) is 16.2. The summed E-state index contributed by atoms with van der Waals surface area (Å²) in [4.78, 5) is 23.4. The minimum absolute atomic E-state index is 0.307. The van der Waals surface area contributed by atoms with Crippen LogP contribution in [0, 0.1) is 6.92 Å². The van der Waals surface area contributed by atoms with Gasteiger partial charge in [0, 0.05) is 33.8 Å². The van der Waals surface area contributed by atoms with E-state index in [2.05, 4.69) is 5.32 Å². The monoisotopic (exact) mass is 405 g/mol. The van der Waals surface area contributed by atoms with Crippen LogP contribution in [-0.4, -0.2) is 5.91 Å². The van der Waals surface area contributed by atoms with Crippen LogP contribution in [0.5, 0.6) is 0 Å². The molecule has 1 amide bonds. The number of halogens is 1. The van der Waals surface area contributed by atoms with Gasteiger partial charge in [-0.25, -0.2) is 4.79 Å². The molecular weight excluding hydrogens is 390 g/mol. The van der Waals surface area contributed by atoms with E-state index >= 15 is 0 Å². The van der Waals surface area contributed by atoms with Gasteiger partial charge in [0.2, 0.25) is 5.91 Å². The fourth-order valence-electron chi connectivity index (χ4n) is 2.84. The predicted octanol–water partition coefficient (Wildman–Crippen LogP) is 5.67. The van der Waals surface area contributed by atoms with Crippen LogP contribution < -0.4 is 10.9 Å². The fraction of sp³-hybridized carbons (Fsp3) is 0.0435. The third-order valence-electron chi connectivity index (χ3n) is 4.37. The van der Waals surface area contributed by atoms with Crippen molar-refractivity contribution in [1.29, 1.82) is 0 Å². The zero-order valence-electron chi connectivity index (χ0n) is 15.4. The number of carbonyl (C=O) groups excluding carboxylic acids is 1. The summed E-state index contributed by atoms with van der Waals surface area (Å²) >= 11 is 6.16. The van der Waals surface area contributed by atoms with Gasteiger partial charge < -0.3 is 14.2 Å². The van der Waals surface area contributed by atoms with Crippen LogP contribution in [0.3, 0.4) is 0 Å². The molecule has 4 aromatic rings. The van der Waals surface area contributed by atoms with Gasteiger partial charge in [0.25, 0.3) is 0 Å². The second-order valence-corrected chi connectivity index (χ2v) is 6.90. The van der Waals surface area contributed by atoms with E-state index in [-0.39, 0.29) is 5.91 Å². The summed E-state index contributed by atoms with van der Waals surface area (Å²) < 4.78 is 10.8. The van der Waals surface area contributed by atoms with Crippen molar-refractivity contribution in [1.82, 2.24) is 0 Å². The molecule has 0 bridgehead atoms. The molecule has 6 heteroatoms. The van der Waals surface area contributed by atoms with E-state index < -0.39 is 5.63 Å². The van der Waals surface area contributed by atoms with Crippen molar-refractivity contribution in [2.45, 2.75) is 6.92 Å². The van der Waals surface area contributed by atoms with Gasteiger partial charge in [-0.2, -0.15) is 0 Å². The van der Waals surface area contributed by atoms with E-state index in [0.29, 0.717) is 27.8 Å². The molecule has 0 aliphatic carbocycles. The largest absolute Gasteiger partial charge is 0.457 e. The van der Waals surface area contributed by atoms with E-state index in [1.165, 1.54) is 12.1 Å². The van der Waals surface area contributed by atoms with Crippen LogP contribution in [0.25, 0.3) is 28.4 Å². The van der Waals surface area contributed by atoms with Crippen molar-refractivity contribution in [3.05, 3.63) is 93.5 Å². The molecule has 0 aliphatic rings. The third-order valence-corrected chi connectivity index (χ3v) is 4.78. The predicted molar refractivity (Wildman–Crippen MR) is 114 cm³/mol. The number of anilines is 1. The summed E-state index contributed by atoms with van der Waals surface area (Å²) in [6.45, 7) is 1.94. The molecule has 2 aromatic heterocycles. The molecule has 0 atom stereocenters. The minimum atomic E-state index is -0.414. The Hall–Kier alpha value is -3.57. The summed E-state index contributed by atoms with van der Waals surface area (Å²) in [5.41, 5.74) is 2.51. The molecule has 1 N–H and O–H groups in total. The molecule has 0 spiro atoms. The Kier molecular flexibility index (Phi) is 5.06. The van der Waals surface area contributed by atoms with Gasteiger partial charge in [0.15, 0.2) is 0 Å². The standard InChI is InChI=1S/C23H16ClNO4/c1-14-2-3-16(13-19(14)24)20-9-6-18(28-20)7-10-22(26)25-17-5-8-21-15(12-17)4-11-23(27)29-21/h2-13H,1H3,(H,25,26)/b10-7+. The Balaban J connectivity index is 1.46. The van der Waals surface area contributed by atoms with Gasteiger partial charge in [0.05, 0.1) is 0 Å². The zero-order chi connectivity index (χ0) is 20.4. The van der Waals surface area contributed by atoms with Gasteiger partial charge >= 0.3 is 5.63 Å². The number of benzene rings is 2. The minimum Gasteiger partial charge on any atom is -0.457 e. The van der Waals surface area contributed by atoms with Crippen LogP contribution in [-0.2, 0) is 4.79 Å². The number of rotatable bonds is 4. The Labute approximate surface area is 171 Å². The van der Waals surface area contributed by atoms with Crippen LogP contribution in [0.15, 0.2) is 80.4 Å². The maximum atomic E-state index is 12.2. The van der Waals surface area contributed by atoms with E-state index in [9.17, 15) is 9.59 Å². The summed E-state index contributed by atoms with van der Waals surface area (Å²) in [7, 11) is 0. The lowest BCUT2D eigenvalue weighted by molar-refractivity contribution is -0.111. The Morgan fingerprint density at radius 1 is 1.00 bits per heavy atom. The lowest BCUT2D eigenvalue weighted by Gasteiger charge is -2.03. The second kappa shape index (κ2) is 7.81. The Morgan fingerprint density at radius 2 is 1.86 bits per heavy atom. The average molecular weight is 406 g/mol. The van der Waals surface area contributed by atoms with Gasteiger partial charge in [0.1, 0.15) is 17.1 Å². The number of carbonyl (C=O) groups is 1.